The fraction of sp³-hybridized carbons (Fsp3) is 0.667. The summed E-state index contributed by atoms with van der Waals surface area (Å²) in [5, 5.41) is 9.15. The number of carboxylic acids is 1. The number of carbonyl (C=O) groups is 1. The van der Waals surface area contributed by atoms with Crippen LogP contribution in [0.3, 0.4) is 0 Å². The van der Waals surface area contributed by atoms with Gasteiger partial charge < -0.3 is 5.11 Å². The fourth-order valence-corrected chi connectivity index (χ4v) is 3.13. The van der Waals surface area contributed by atoms with Crippen molar-refractivity contribution in [3.63, 3.8) is 0 Å². The van der Waals surface area contributed by atoms with E-state index in [9.17, 15) is 4.79 Å². The second-order valence-electron chi connectivity index (χ2n) is 5.57. The lowest BCUT2D eigenvalue weighted by Crippen LogP contribution is -2.18. The molecule has 0 aromatic carbocycles. The first kappa shape index (κ1) is 14.0. The summed E-state index contributed by atoms with van der Waals surface area (Å²) in [7, 11) is 0. The molecule has 1 N–H and O–H groups in total. The van der Waals surface area contributed by atoms with E-state index in [1.54, 1.807) is 13.8 Å². The van der Waals surface area contributed by atoms with E-state index in [0.29, 0.717) is 17.3 Å². The van der Waals surface area contributed by atoms with Crippen LogP contribution in [0, 0.1) is 19.8 Å². The second kappa shape index (κ2) is 5.68. The molecule has 1 fully saturated rings. The number of carboxylic acid groups (broad SMARTS) is 1. The number of rotatable bonds is 3. The average Bonchev–Trinajstić information content (AvgIpc) is 2.37. The largest absolute Gasteiger partial charge is 0.478 e. The van der Waals surface area contributed by atoms with Crippen molar-refractivity contribution in [2.45, 2.75) is 58.8 Å². The van der Waals surface area contributed by atoms with Crippen molar-refractivity contribution in [2.24, 2.45) is 5.92 Å². The predicted octanol–water partition coefficient (Wildman–Crippen LogP) is 3.48. The van der Waals surface area contributed by atoms with Gasteiger partial charge in [-0.15, -0.1) is 0 Å². The second-order valence-corrected chi connectivity index (χ2v) is 5.57. The molecule has 0 bridgehead atoms. The Morgan fingerprint density at radius 2 is 1.89 bits per heavy atom. The van der Waals surface area contributed by atoms with Gasteiger partial charge >= 0.3 is 5.97 Å². The number of aromatic carboxylic acids is 1. The summed E-state index contributed by atoms with van der Waals surface area (Å²) < 4.78 is 0. The molecular formula is C15H22N2O2. The highest BCUT2D eigenvalue weighted by Gasteiger charge is 2.25. The highest BCUT2D eigenvalue weighted by atomic mass is 16.4. The summed E-state index contributed by atoms with van der Waals surface area (Å²) in [4.78, 5) is 20.1. The fourth-order valence-electron chi connectivity index (χ4n) is 3.13. The summed E-state index contributed by atoms with van der Waals surface area (Å²) in [6.07, 6.45) is 6.01. The van der Waals surface area contributed by atoms with Crippen LogP contribution >= 0.6 is 0 Å². The van der Waals surface area contributed by atoms with E-state index >= 15 is 0 Å². The maximum absolute atomic E-state index is 11.1. The normalized spacial score (nSPS) is 23.3. The van der Waals surface area contributed by atoms with Crippen molar-refractivity contribution >= 4 is 5.97 Å². The molecule has 104 valence electrons. The van der Waals surface area contributed by atoms with Gasteiger partial charge in [0.15, 0.2) is 0 Å². The molecular weight excluding hydrogens is 240 g/mol. The van der Waals surface area contributed by atoms with E-state index < -0.39 is 5.97 Å². The van der Waals surface area contributed by atoms with Crippen LogP contribution in [-0.2, 0) is 0 Å². The molecule has 4 nitrogen and oxygen atoms in total. The third-order valence-corrected chi connectivity index (χ3v) is 4.23. The standard InChI is InChI=1S/C15H22N2O2/c1-4-11-6-5-7-12(8-11)14-16-9(2)13(15(18)19)10(3)17-14/h11-12H,4-8H2,1-3H3,(H,18,19). The van der Waals surface area contributed by atoms with Crippen molar-refractivity contribution in [2.75, 3.05) is 0 Å². The molecule has 1 aromatic heterocycles. The van der Waals surface area contributed by atoms with Crippen LogP contribution in [0.4, 0.5) is 0 Å². The first-order chi connectivity index (χ1) is 9.02. The molecule has 0 spiro atoms. The summed E-state index contributed by atoms with van der Waals surface area (Å²) in [6, 6.07) is 0. The van der Waals surface area contributed by atoms with E-state index in [-0.39, 0.29) is 5.56 Å². The Kier molecular flexibility index (Phi) is 4.17. The Labute approximate surface area is 114 Å². The SMILES string of the molecule is CCC1CCCC(c2nc(C)c(C(=O)O)c(C)n2)C1. The van der Waals surface area contributed by atoms with Gasteiger partial charge in [-0.1, -0.05) is 26.2 Å². The average molecular weight is 262 g/mol. The number of aryl methyl sites for hydroxylation is 2. The van der Waals surface area contributed by atoms with Crippen LogP contribution in [0.15, 0.2) is 0 Å². The molecule has 0 saturated heterocycles. The van der Waals surface area contributed by atoms with Crippen LogP contribution in [0.2, 0.25) is 0 Å². The van der Waals surface area contributed by atoms with Gasteiger partial charge in [0.25, 0.3) is 0 Å². The van der Waals surface area contributed by atoms with Crippen molar-refractivity contribution in [1.29, 1.82) is 0 Å². The van der Waals surface area contributed by atoms with E-state index in [4.69, 9.17) is 5.11 Å². The zero-order valence-corrected chi connectivity index (χ0v) is 11.9. The predicted molar refractivity (Wildman–Crippen MR) is 73.5 cm³/mol. The van der Waals surface area contributed by atoms with E-state index in [0.717, 1.165) is 24.6 Å². The Hall–Kier alpha value is -1.45. The molecule has 2 rings (SSSR count). The molecule has 1 aliphatic rings. The minimum absolute atomic E-state index is 0.256. The first-order valence-electron chi connectivity index (χ1n) is 7.11. The molecule has 1 heterocycles. The van der Waals surface area contributed by atoms with E-state index in [2.05, 4.69) is 16.9 Å². The molecule has 0 amide bonds. The van der Waals surface area contributed by atoms with Crippen molar-refractivity contribution in [3.05, 3.63) is 22.8 Å². The van der Waals surface area contributed by atoms with E-state index in [1.807, 2.05) is 0 Å². The monoisotopic (exact) mass is 262 g/mol. The van der Waals surface area contributed by atoms with Gasteiger partial charge in [0.2, 0.25) is 0 Å². The van der Waals surface area contributed by atoms with Crippen LogP contribution < -0.4 is 0 Å². The van der Waals surface area contributed by atoms with Gasteiger partial charge in [-0.25, -0.2) is 14.8 Å². The highest BCUT2D eigenvalue weighted by molar-refractivity contribution is 5.89. The van der Waals surface area contributed by atoms with Gasteiger partial charge in [-0.3, -0.25) is 0 Å². The van der Waals surface area contributed by atoms with Gasteiger partial charge in [-0.2, -0.15) is 0 Å². The van der Waals surface area contributed by atoms with Crippen molar-refractivity contribution in [1.82, 2.24) is 9.97 Å². The van der Waals surface area contributed by atoms with Gasteiger partial charge in [0.1, 0.15) is 11.4 Å². The minimum Gasteiger partial charge on any atom is -0.478 e. The Balaban J connectivity index is 2.28. The van der Waals surface area contributed by atoms with Crippen LogP contribution in [0.1, 0.15) is 72.5 Å². The van der Waals surface area contributed by atoms with Gasteiger partial charge in [0.05, 0.1) is 11.4 Å². The minimum atomic E-state index is -0.934. The van der Waals surface area contributed by atoms with Crippen molar-refractivity contribution < 1.29 is 9.90 Å². The Morgan fingerprint density at radius 1 is 1.26 bits per heavy atom. The maximum atomic E-state index is 11.1. The molecule has 1 aliphatic carbocycles. The number of hydrogen-bond acceptors (Lipinski definition) is 3. The molecule has 1 aromatic rings. The third kappa shape index (κ3) is 2.94. The van der Waals surface area contributed by atoms with Crippen LogP contribution in [-0.4, -0.2) is 21.0 Å². The quantitative estimate of drug-likeness (QED) is 0.905. The van der Waals surface area contributed by atoms with Crippen LogP contribution in [0.5, 0.6) is 0 Å². The first-order valence-corrected chi connectivity index (χ1v) is 7.11. The Morgan fingerprint density at radius 3 is 2.42 bits per heavy atom. The molecule has 1 saturated carbocycles. The molecule has 4 heteroatoms. The zero-order chi connectivity index (χ0) is 14.0. The lowest BCUT2D eigenvalue weighted by Gasteiger charge is -2.27. The summed E-state index contributed by atoms with van der Waals surface area (Å²) >= 11 is 0. The maximum Gasteiger partial charge on any atom is 0.339 e. The lowest BCUT2D eigenvalue weighted by atomic mass is 9.80. The van der Waals surface area contributed by atoms with Crippen molar-refractivity contribution in [3.8, 4) is 0 Å². The zero-order valence-electron chi connectivity index (χ0n) is 11.9. The number of aromatic nitrogens is 2. The Bertz CT molecular complexity index is 462. The smallest absolute Gasteiger partial charge is 0.339 e. The summed E-state index contributed by atoms with van der Waals surface area (Å²) in [5.74, 6) is 1.08. The van der Waals surface area contributed by atoms with Crippen LogP contribution in [0.25, 0.3) is 0 Å². The molecule has 2 unspecified atom stereocenters. The van der Waals surface area contributed by atoms with Gasteiger partial charge in [-0.05, 0) is 32.6 Å². The molecule has 0 aliphatic heterocycles. The lowest BCUT2D eigenvalue weighted by molar-refractivity contribution is 0.0694. The van der Waals surface area contributed by atoms with Gasteiger partial charge in [0, 0.05) is 5.92 Å². The topological polar surface area (TPSA) is 63.1 Å². The number of hydrogen-bond donors (Lipinski definition) is 1. The molecule has 19 heavy (non-hydrogen) atoms. The van der Waals surface area contributed by atoms with E-state index in [1.165, 1.54) is 19.3 Å². The molecule has 2 atom stereocenters. The summed E-state index contributed by atoms with van der Waals surface area (Å²) in [6.45, 7) is 5.77. The third-order valence-electron chi connectivity index (χ3n) is 4.23. The number of nitrogens with zero attached hydrogens (tertiary/aromatic N) is 2. The highest BCUT2D eigenvalue weighted by Crippen LogP contribution is 2.36. The molecule has 0 radical (unpaired) electrons. The summed E-state index contributed by atoms with van der Waals surface area (Å²) in [5.41, 5.74) is 1.44.